The van der Waals surface area contributed by atoms with E-state index in [1.807, 2.05) is 13.0 Å². The molecule has 1 heterocycles. The summed E-state index contributed by atoms with van der Waals surface area (Å²) in [4.78, 5) is 12.4. The Kier molecular flexibility index (Phi) is 4.79. The molecule has 3 N–H and O–H groups in total. The first-order valence-electron chi connectivity index (χ1n) is 7.30. The summed E-state index contributed by atoms with van der Waals surface area (Å²) < 4.78 is 5.71. The number of ether oxygens (including phenoxy) is 1. The normalized spacial score (nSPS) is 19.8. The molecule has 0 aliphatic carbocycles. The van der Waals surface area contributed by atoms with Gasteiger partial charge in [-0.15, -0.1) is 0 Å². The Morgan fingerprint density at radius 1 is 1.57 bits per heavy atom. The van der Waals surface area contributed by atoms with Crippen LogP contribution >= 0.6 is 11.6 Å². The number of hydrogen-bond donors (Lipinski definition) is 2. The van der Waals surface area contributed by atoms with Gasteiger partial charge in [0.15, 0.2) is 6.10 Å². The van der Waals surface area contributed by atoms with Gasteiger partial charge in [-0.2, -0.15) is 0 Å². The molecular weight excluding hydrogens is 288 g/mol. The number of carbonyl (C=O) groups excluding carboxylic acids is 1. The fourth-order valence-electron chi connectivity index (χ4n) is 2.83. The topological polar surface area (TPSA) is 64.3 Å². The SMILES string of the molecule is CC(C)CC(C)(CN)NC(=O)C1Cc2cc(Cl)ccc2O1. The number of rotatable bonds is 5. The van der Waals surface area contributed by atoms with Gasteiger partial charge in [-0.1, -0.05) is 25.4 Å². The third-order valence-electron chi connectivity index (χ3n) is 3.72. The minimum Gasteiger partial charge on any atom is -0.480 e. The van der Waals surface area contributed by atoms with Crippen molar-refractivity contribution in [2.24, 2.45) is 11.7 Å². The number of carbonyl (C=O) groups is 1. The number of nitrogens with one attached hydrogen (secondary N) is 1. The second kappa shape index (κ2) is 6.24. The van der Waals surface area contributed by atoms with Crippen LogP contribution in [-0.4, -0.2) is 24.1 Å². The fourth-order valence-corrected chi connectivity index (χ4v) is 3.02. The quantitative estimate of drug-likeness (QED) is 0.878. The highest BCUT2D eigenvalue weighted by atomic mass is 35.5. The van der Waals surface area contributed by atoms with Crippen LogP contribution in [0.2, 0.25) is 5.02 Å². The van der Waals surface area contributed by atoms with Gasteiger partial charge >= 0.3 is 0 Å². The first-order chi connectivity index (χ1) is 9.83. The van der Waals surface area contributed by atoms with Crippen molar-refractivity contribution < 1.29 is 9.53 Å². The lowest BCUT2D eigenvalue weighted by Crippen LogP contribution is -2.55. The Morgan fingerprint density at radius 3 is 2.90 bits per heavy atom. The van der Waals surface area contributed by atoms with Gasteiger partial charge in [-0.05, 0) is 43.0 Å². The summed E-state index contributed by atoms with van der Waals surface area (Å²) in [5.41, 5.74) is 6.40. The zero-order valence-corrected chi connectivity index (χ0v) is 13.5. The minimum absolute atomic E-state index is 0.115. The van der Waals surface area contributed by atoms with E-state index in [0.717, 1.165) is 17.7 Å². The maximum absolute atomic E-state index is 12.4. The molecule has 1 aliphatic heterocycles. The molecule has 1 aromatic carbocycles. The van der Waals surface area contributed by atoms with Crippen LogP contribution in [0.5, 0.6) is 5.75 Å². The average Bonchev–Trinajstić information content (AvgIpc) is 2.80. The predicted molar refractivity (Wildman–Crippen MR) is 84.6 cm³/mol. The van der Waals surface area contributed by atoms with E-state index in [2.05, 4.69) is 19.2 Å². The Morgan fingerprint density at radius 2 is 2.29 bits per heavy atom. The lowest BCUT2D eigenvalue weighted by molar-refractivity contribution is -0.129. The Bertz CT molecular complexity index is 533. The van der Waals surface area contributed by atoms with Gasteiger partial charge < -0.3 is 15.8 Å². The van der Waals surface area contributed by atoms with Crippen LogP contribution in [0.25, 0.3) is 0 Å². The van der Waals surface area contributed by atoms with E-state index in [0.29, 0.717) is 23.9 Å². The van der Waals surface area contributed by atoms with Crippen molar-refractivity contribution in [1.82, 2.24) is 5.32 Å². The molecule has 0 radical (unpaired) electrons. The van der Waals surface area contributed by atoms with E-state index in [4.69, 9.17) is 22.1 Å². The maximum Gasteiger partial charge on any atom is 0.261 e. The molecule has 5 heteroatoms. The highest BCUT2D eigenvalue weighted by Gasteiger charge is 2.34. The molecule has 1 aliphatic rings. The monoisotopic (exact) mass is 310 g/mol. The van der Waals surface area contributed by atoms with Gasteiger partial charge in [0.05, 0.1) is 0 Å². The zero-order chi connectivity index (χ0) is 15.6. The van der Waals surface area contributed by atoms with Crippen LogP contribution in [0.4, 0.5) is 0 Å². The molecule has 2 rings (SSSR count). The number of benzene rings is 1. The molecule has 0 spiro atoms. The summed E-state index contributed by atoms with van der Waals surface area (Å²) >= 11 is 5.96. The van der Waals surface area contributed by atoms with Crippen molar-refractivity contribution in [3.05, 3.63) is 28.8 Å². The van der Waals surface area contributed by atoms with Crippen LogP contribution in [0.3, 0.4) is 0 Å². The second-order valence-corrected chi connectivity index (χ2v) is 6.85. The Hall–Kier alpha value is -1.26. The standard InChI is InChI=1S/C16H23ClN2O2/c1-10(2)8-16(3,9-18)19-15(20)14-7-11-6-12(17)4-5-13(11)21-14/h4-6,10,14H,7-9,18H2,1-3H3,(H,19,20). The molecule has 21 heavy (non-hydrogen) atoms. The Balaban J connectivity index is 2.02. The van der Waals surface area contributed by atoms with Crippen molar-refractivity contribution in [2.75, 3.05) is 6.54 Å². The smallest absolute Gasteiger partial charge is 0.261 e. The van der Waals surface area contributed by atoms with Crippen molar-refractivity contribution in [1.29, 1.82) is 0 Å². The second-order valence-electron chi connectivity index (χ2n) is 6.41. The predicted octanol–water partition coefficient (Wildman–Crippen LogP) is 2.52. The molecule has 2 unspecified atom stereocenters. The summed E-state index contributed by atoms with van der Waals surface area (Å²) in [6.07, 6.45) is 0.877. The molecule has 0 aromatic heterocycles. The van der Waals surface area contributed by atoms with E-state index in [9.17, 15) is 4.79 Å². The fraction of sp³-hybridized carbons (Fsp3) is 0.562. The maximum atomic E-state index is 12.4. The lowest BCUT2D eigenvalue weighted by atomic mass is 9.90. The third-order valence-corrected chi connectivity index (χ3v) is 3.96. The van der Waals surface area contributed by atoms with Crippen LogP contribution in [0.15, 0.2) is 18.2 Å². The molecule has 0 saturated heterocycles. The molecule has 0 saturated carbocycles. The zero-order valence-electron chi connectivity index (χ0n) is 12.8. The van der Waals surface area contributed by atoms with E-state index in [1.165, 1.54) is 0 Å². The van der Waals surface area contributed by atoms with E-state index >= 15 is 0 Å². The van der Waals surface area contributed by atoms with Crippen molar-refractivity contribution in [3.8, 4) is 5.75 Å². The lowest BCUT2D eigenvalue weighted by Gasteiger charge is -2.32. The van der Waals surface area contributed by atoms with Crippen LogP contribution < -0.4 is 15.8 Å². The van der Waals surface area contributed by atoms with Crippen molar-refractivity contribution in [2.45, 2.75) is 45.3 Å². The number of fused-ring (bicyclic) bond motifs is 1. The number of hydrogen-bond acceptors (Lipinski definition) is 3. The van der Waals surface area contributed by atoms with Gasteiger partial charge in [0.2, 0.25) is 0 Å². The highest BCUT2D eigenvalue weighted by molar-refractivity contribution is 6.30. The summed E-state index contributed by atoms with van der Waals surface area (Å²) in [7, 11) is 0. The van der Waals surface area contributed by atoms with Crippen LogP contribution in [0, 0.1) is 5.92 Å². The van der Waals surface area contributed by atoms with E-state index in [1.54, 1.807) is 12.1 Å². The summed E-state index contributed by atoms with van der Waals surface area (Å²) in [5.74, 6) is 1.08. The van der Waals surface area contributed by atoms with Gasteiger partial charge in [0.1, 0.15) is 5.75 Å². The molecule has 4 nitrogen and oxygen atoms in total. The van der Waals surface area contributed by atoms with Gasteiger partial charge in [0.25, 0.3) is 5.91 Å². The minimum atomic E-state index is -0.503. The summed E-state index contributed by atoms with van der Waals surface area (Å²) in [6, 6.07) is 5.42. The van der Waals surface area contributed by atoms with E-state index < -0.39 is 11.6 Å². The largest absolute Gasteiger partial charge is 0.480 e. The first-order valence-corrected chi connectivity index (χ1v) is 7.68. The van der Waals surface area contributed by atoms with Crippen molar-refractivity contribution >= 4 is 17.5 Å². The molecule has 116 valence electrons. The molecule has 1 aromatic rings. The van der Waals surface area contributed by atoms with Crippen molar-refractivity contribution in [3.63, 3.8) is 0 Å². The van der Waals surface area contributed by atoms with E-state index in [-0.39, 0.29) is 5.91 Å². The molecule has 0 bridgehead atoms. The first kappa shape index (κ1) is 16.1. The van der Waals surface area contributed by atoms with Gasteiger partial charge in [-0.3, -0.25) is 4.79 Å². The highest BCUT2D eigenvalue weighted by Crippen LogP contribution is 2.31. The molecule has 0 fully saturated rings. The van der Waals surface area contributed by atoms with Crippen LogP contribution in [0.1, 0.15) is 32.8 Å². The number of halogens is 1. The average molecular weight is 311 g/mol. The number of nitrogens with two attached hydrogens (primary N) is 1. The molecular formula is C16H23ClN2O2. The molecule has 2 atom stereocenters. The summed E-state index contributed by atoms with van der Waals surface area (Å²) in [6.45, 7) is 6.61. The van der Waals surface area contributed by atoms with Crippen LogP contribution in [-0.2, 0) is 11.2 Å². The molecule has 1 amide bonds. The summed E-state index contributed by atoms with van der Waals surface area (Å²) in [5, 5.41) is 3.70. The van der Waals surface area contributed by atoms with Gasteiger partial charge in [-0.25, -0.2) is 0 Å². The number of amides is 1. The third kappa shape index (κ3) is 3.89. The Labute approximate surface area is 131 Å². The van der Waals surface area contributed by atoms with Gasteiger partial charge in [0, 0.05) is 23.5 Å².